The summed E-state index contributed by atoms with van der Waals surface area (Å²) in [6.45, 7) is 1.79. The van der Waals surface area contributed by atoms with Crippen molar-refractivity contribution < 1.29 is 19.4 Å². The van der Waals surface area contributed by atoms with Crippen molar-refractivity contribution in [2.45, 2.75) is 23.6 Å². The van der Waals surface area contributed by atoms with Crippen LogP contribution in [0.3, 0.4) is 0 Å². The Morgan fingerprint density at radius 2 is 1.96 bits per heavy atom. The van der Waals surface area contributed by atoms with E-state index >= 15 is 0 Å². The summed E-state index contributed by atoms with van der Waals surface area (Å²) in [5.41, 5.74) is 1.30. The lowest BCUT2D eigenvalue weighted by Crippen LogP contribution is -2.33. The largest absolute Gasteiger partial charge is 0.549 e. The summed E-state index contributed by atoms with van der Waals surface area (Å²) >= 11 is 1.14. The van der Waals surface area contributed by atoms with E-state index in [4.69, 9.17) is 9.47 Å². The molecule has 1 aromatic carbocycles. The summed E-state index contributed by atoms with van der Waals surface area (Å²) in [6.07, 6.45) is 0.442. The minimum absolute atomic E-state index is 0.442. The third-order valence-corrected chi connectivity index (χ3v) is 5.05. The Balaban J connectivity index is 2.02. The molecule has 0 bridgehead atoms. The van der Waals surface area contributed by atoms with Gasteiger partial charge in [0.25, 0.3) is 0 Å². The maximum Gasteiger partial charge on any atom is 0.185 e. The van der Waals surface area contributed by atoms with Crippen LogP contribution in [-0.2, 0) is 4.79 Å². The normalized spacial score (nSPS) is 12.1. The third-order valence-electron chi connectivity index (χ3n) is 3.78. The average molecular weight is 373 g/mol. The van der Waals surface area contributed by atoms with E-state index in [-0.39, 0.29) is 0 Å². The molecule has 0 fully saturated rings. The fraction of sp³-hybridized carbons (Fsp3) is 0.294. The minimum atomic E-state index is -1.11. The Morgan fingerprint density at radius 1 is 1.19 bits per heavy atom. The van der Waals surface area contributed by atoms with E-state index in [1.807, 2.05) is 6.07 Å². The Hall–Kier alpha value is -2.81. The van der Waals surface area contributed by atoms with E-state index in [0.29, 0.717) is 34.4 Å². The summed E-state index contributed by atoms with van der Waals surface area (Å²) < 4.78 is 12.1. The van der Waals surface area contributed by atoms with Crippen molar-refractivity contribution in [3.63, 3.8) is 0 Å². The molecule has 2 aromatic heterocycles. The van der Waals surface area contributed by atoms with E-state index in [1.54, 1.807) is 49.9 Å². The predicted octanol–water partition coefficient (Wildman–Crippen LogP) is 1.43. The van der Waals surface area contributed by atoms with Crippen LogP contribution in [0.1, 0.15) is 13.3 Å². The number of thioether (sulfide) groups is 1. The van der Waals surface area contributed by atoms with E-state index in [9.17, 15) is 9.90 Å². The molecular formula is C17H17N4O4S-. The van der Waals surface area contributed by atoms with Gasteiger partial charge >= 0.3 is 0 Å². The van der Waals surface area contributed by atoms with Gasteiger partial charge in [0, 0.05) is 5.56 Å². The number of aliphatic carboxylic acids is 1. The highest BCUT2D eigenvalue weighted by Crippen LogP contribution is 2.32. The Morgan fingerprint density at radius 3 is 2.62 bits per heavy atom. The monoisotopic (exact) mass is 373 g/mol. The van der Waals surface area contributed by atoms with Crippen LogP contribution in [-0.4, -0.2) is 45.3 Å². The number of fused-ring (bicyclic) bond motifs is 1. The van der Waals surface area contributed by atoms with Crippen LogP contribution in [0.2, 0.25) is 0 Å². The molecule has 0 spiro atoms. The average Bonchev–Trinajstić information content (AvgIpc) is 3.08. The molecule has 0 aliphatic carbocycles. The van der Waals surface area contributed by atoms with Gasteiger partial charge in [-0.2, -0.15) is 9.61 Å². The molecule has 0 saturated heterocycles. The zero-order chi connectivity index (χ0) is 18.7. The fourth-order valence-corrected chi connectivity index (χ4v) is 3.26. The van der Waals surface area contributed by atoms with Gasteiger partial charge in [0.2, 0.25) is 0 Å². The van der Waals surface area contributed by atoms with Gasteiger partial charge in [0.05, 0.1) is 25.4 Å². The molecule has 1 atom stereocenters. The molecule has 26 heavy (non-hydrogen) atoms. The first-order valence-corrected chi connectivity index (χ1v) is 8.77. The highest BCUT2D eigenvalue weighted by Gasteiger charge is 2.15. The molecule has 2 heterocycles. The SMILES string of the molecule is CC[C@H](Sc1ccc2nnc(-c3ccc(OC)c(OC)c3)n2n1)C(=O)[O-]. The fourth-order valence-electron chi connectivity index (χ4n) is 2.43. The molecule has 0 aliphatic rings. The van der Waals surface area contributed by atoms with Gasteiger partial charge in [0.1, 0.15) is 5.03 Å². The second-order valence-electron chi connectivity index (χ2n) is 5.37. The highest BCUT2D eigenvalue weighted by atomic mass is 32.2. The number of ether oxygens (including phenoxy) is 2. The third kappa shape index (κ3) is 3.43. The molecule has 0 unspecified atom stereocenters. The molecule has 8 nitrogen and oxygen atoms in total. The minimum Gasteiger partial charge on any atom is -0.549 e. The van der Waals surface area contributed by atoms with Crippen molar-refractivity contribution in [1.29, 1.82) is 0 Å². The quantitative estimate of drug-likeness (QED) is 0.573. The summed E-state index contributed by atoms with van der Waals surface area (Å²) in [5, 5.41) is 23.8. The number of hydrogen-bond acceptors (Lipinski definition) is 8. The maximum atomic E-state index is 11.2. The Bertz CT molecular complexity index is 944. The number of carbonyl (C=O) groups excluding carboxylic acids is 1. The summed E-state index contributed by atoms with van der Waals surface area (Å²) in [6, 6.07) is 8.85. The van der Waals surface area contributed by atoms with Crippen molar-refractivity contribution in [3.8, 4) is 22.9 Å². The number of carboxylic acid groups (broad SMARTS) is 1. The number of carboxylic acids is 1. The van der Waals surface area contributed by atoms with Crippen LogP contribution in [0.5, 0.6) is 11.5 Å². The molecule has 3 rings (SSSR count). The molecule has 9 heteroatoms. The van der Waals surface area contributed by atoms with Crippen LogP contribution < -0.4 is 14.6 Å². The lowest BCUT2D eigenvalue weighted by atomic mass is 10.2. The van der Waals surface area contributed by atoms with Crippen molar-refractivity contribution in [3.05, 3.63) is 30.3 Å². The van der Waals surface area contributed by atoms with Crippen LogP contribution in [0.25, 0.3) is 17.0 Å². The molecule has 0 saturated carbocycles. The zero-order valence-corrected chi connectivity index (χ0v) is 15.3. The summed E-state index contributed by atoms with van der Waals surface area (Å²) in [7, 11) is 3.12. The standard InChI is InChI=1S/C17H18N4O4S/c1-4-13(17(22)23)26-15-8-7-14-18-19-16(21(14)20-15)10-5-6-11(24-2)12(9-10)25-3/h5-9,13H,4H2,1-3H3,(H,22,23)/p-1/t13-/m0/s1. The number of methoxy groups -OCH3 is 2. The van der Waals surface area contributed by atoms with Gasteiger partial charge in [-0.1, -0.05) is 18.7 Å². The first-order chi connectivity index (χ1) is 12.6. The first kappa shape index (κ1) is 18.0. The number of aromatic nitrogens is 4. The van der Waals surface area contributed by atoms with E-state index in [2.05, 4.69) is 15.3 Å². The van der Waals surface area contributed by atoms with Crippen molar-refractivity contribution in [1.82, 2.24) is 19.8 Å². The van der Waals surface area contributed by atoms with E-state index < -0.39 is 11.2 Å². The lowest BCUT2D eigenvalue weighted by Gasteiger charge is -2.14. The number of nitrogens with zero attached hydrogens (tertiary/aromatic N) is 4. The highest BCUT2D eigenvalue weighted by molar-refractivity contribution is 8.00. The van der Waals surface area contributed by atoms with Gasteiger partial charge in [-0.3, -0.25) is 0 Å². The van der Waals surface area contributed by atoms with Crippen molar-refractivity contribution in [2.24, 2.45) is 0 Å². The molecule has 0 aliphatic heterocycles. The first-order valence-electron chi connectivity index (χ1n) is 7.89. The number of benzene rings is 1. The van der Waals surface area contributed by atoms with Gasteiger partial charge < -0.3 is 19.4 Å². The molecular weight excluding hydrogens is 356 g/mol. The van der Waals surface area contributed by atoms with Crippen LogP contribution in [0.4, 0.5) is 0 Å². The summed E-state index contributed by atoms with van der Waals surface area (Å²) in [4.78, 5) is 11.2. The molecule has 0 radical (unpaired) electrons. The van der Waals surface area contributed by atoms with Crippen molar-refractivity contribution in [2.75, 3.05) is 14.2 Å². The smallest absolute Gasteiger partial charge is 0.185 e. The predicted molar refractivity (Wildman–Crippen MR) is 94.3 cm³/mol. The number of rotatable bonds is 7. The summed E-state index contributed by atoms with van der Waals surface area (Å²) in [5.74, 6) is 0.581. The van der Waals surface area contributed by atoms with Crippen LogP contribution in [0.15, 0.2) is 35.4 Å². The van der Waals surface area contributed by atoms with Gasteiger partial charge in [-0.05, 0) is 36.8 Å². The van der Waals surface area contributed by atoms with E-state index in [1.165, 1.54) is 0 Å². The van der Waals surface area contributed by atoms with E-state index in [0.717, 1.165) is 17.3 Å². The zero-order valence-electron chi connectivity index (χ0n) is 14.5. The second-order valence-corrected chi connectivity index (χ2v) is 6.59. The Kier molecular flexibility index (Phi) is 5.27. The Labute approximate surface area is 154 Å². The van der Waals surface area contributed by atoms with Crippen LogP contribution >= 0.6 is 11.8 Å². The van der Waals surface area contributed by atoms with Crippen molar-refractivity contribution >= 4 is 23.4 Å². The van der Waals surface area contributed by atoms with Gasteiger partial charge in [0.15, 0.2) is 23.0 Å². The number of carbonyl (C=O) groups is 1. The molecule has 0 N–H and O–H groups in total. The molecule has 136 valence electrons. The topological polar surface area (TPSA) is 102 Å². The number of hydrogen-bond donors (Lipinski definition) is 0. The van der Waals surface area contributed by atoms with Crippen LogP contribution in [0, 0.1) is 0 Å². The second kappa shape index (κ2) is 7.61. The van der Waals surface area contributed by atoms with Gasteiger partial charge in [-0.15, -0.1) is 10.2 Å². The molecule has 0 amide bonds. The van der Waals surface area contributed by atoms with Gasteiger partial charge in [-0.25, -0.2) is 0 Å². The lowest BCUT2D eigenvalue weighted by molar-refractivity contribution is -0.304. The molecule has 3 aromatic rings. The maximum absolute atomic E-state index is 11.2.